The minimum absolute atomic E-state index is 0. The highest BCUT2D eigenvalue weighted by atomic mass is 35.5. The number of hydrogen-bond acceptors (Lipinski definition) is 5. The van der Waals surface area contributed by atoms with Gasteiger partial charge in [-0.1, -0.05) is 24.3 Å². The molecule has 0 amide bonds. The first-order valence-corrected chi connectivity index (χ1v) is 12.0. The molecule has 4 rings (SSSR count). The van der Waals surface area contributed by atoms with Crippen molar-refractivity contribution in [3.8, 4) is 0 Å². The van der Waals surface area contributed by atoms with Gasteiger partial charge in [-0.2, -0.15) is 24.4 Å². The Morgan fingerprint density at radius 2 is 1.87 bits per heavy atom. The van der Waals surface area contributed by atoms with Crippen molar-refractivity contribution in [3.63, 3.8) is 0 Å². The summed E-state index contributed by atoms with van der Waals surface area (Å²) >= 11 is 6.82. The Bertz CT molecular complexity index is 742. The van der Waals surface area contributed by atoms with Crippen LogP contribution in [0, 0.1) is 11.7 Å². The molecule has 168 valence electrons. The van der Waals surface area contributed by atoms with Gasteiger partial charge >= 0.3 is 0 Å². The van der Waals surface area contributed by atoms with Gasteiger partial charge in [0.15, 0.2) is 5.78 Å². The van der Waals surface area contributed by atoms with Gasteiger partial charge in [0.05, 0.1) is 6.04 Å². The molecule has 1 aromatic rings. The summed E-state index contributed by atoms with van der Waals surface area (Å²) in [5, 5.41) is 0.229. The summed E-state index contributed by atoms with van der Waals surface area (Å²) in [5.41, 5.74) is 1.81. The zero-order chi connectivity index (χ0) is 19.5. The van der Waals surface area contributed by atoms with Gasteiger partial charge in [0.25, 0.3) is 0 Å². The lowest BCUT2D eigenvalue weighted by atomic mass is 9.93. The van der Waals surface area contributed by atoms with Crippen LogP contribution < -0.4 is 0 Å². The first-order chi connectivity index (χ1) is 13.6. The maximum Gasteiger partial charge on any atom is 0.157 e. The monoisotopic (exact) mass is 492 g/mol. The molecule has 0 aromatic heterocycles. The maximum atomic E-state index is 14.6. The van der Waals surface area contributed by atoms with E-state index in [1.54, 1.807) is 12.1 Å². The Morgan fingerprint density at radius 3 is 2.53 bits per heavy atom. The van der Waals surface area contributed by atoms with E-state index in [4.69, 9.17) is 12.6 Å². The van der Waals surface area contributed by atoms with Crippen LogP contribution in [0.15, 0.2) is 35.9 Å². The summed E-state index contributed by atoms with van der Waals surface area (Å²) < 4.78 is 14.6. The quantitative estimate of drug-likeness (QED) is 0.460. The molecule has 1 aromatic carbocycles. The zero-order valence-electron chi connectivity index (χ0n) is 17.0. The number of thioether (sulfide) groups is 1. The van der Waals surface area contributed by atoms with Crippen LogP contribution in [0.3, 0.4) is 0 Å². The number of likely N-dealkylation sites (tertiary alicyclic amines) is 1. The van der Waals surface area contributed by atoms with Gasteiger partial charge in [0, 0.05) is 61.0 Å². The van der Waals surface area contributed by atoms with Crippen LogP contribution in [0.2, 0.25) is 0 Å². The molecule has 30 heavy (non-hydrogen) atoms. The topological polar surface area (TPSA) is 23.6 Å². The number of hydrogen-bond donors (Lipinski definition) is 1. The van der Waals surface area contributed by atoms with E-state index in [0.717, 1.165) is 45.4 Å². The van der Waals surface area contributed by atoms with Crippen LogP contribution in [0.25, 0.3) is 0 Å². The summed E-state index contributed by atoms with van der Waals surface area (Å²) in [4.78, 5) is 17.8. The average molecular weight is 494 g/mol. The van der Waals surface area contributed by atoms with Gasteiger partial charge < -0.3 is 0 Å². The molecule has 3 aliphatic rings. The van der Waals surface area contributed by atoms with Crippen LogP contribution in [0.1, 0.15) is 30.9 Å². The molecule has 8 heteroatoms. The van der Waals surface area contributed by atoms with Crippen molar-refractivity contribution in [2.75, 3.05) is 44.2 Å². The van der Waals surface area contributed by atoms with Gasteiger partial charge in [-0.3, -0.25) is 14.6 Å². The minimum Gasteiger partial charge on any atom is -0.298 e. The Balaban J connectivity index is 0.00000160. The van der Waals surface area contributed by atoms with Crippen molar-refractivity contribution < 1.29 is 9.18 Å². The number of carbonyl (C=O) groups excluding carboxylic acids is 1. The van der Waals surface area contributed by atoms with E-state index in [1.807, 2.05) is 17.8 Å². The summed E-state index contributed by atoms with van der Waals surface area (Å²) in [6.07, 6.45) is 5.10. The molecular formula is C22H31Cl2FN2OS2. The predicted molar refractivity (Wildman–Crippen MR) is 132 cm³/mol. The fourth-order valence-corrected chi connectivity index (χ4v) is 5.44. The van der Waals surface area contributed by atoms with E-state index < -0.39 is 6.04 Å². The number of rotatable bonds is 6. The number of halogens is 3. The first-order valence-electron chi connectivity index (χ1n) is 10.3. The van der Waals surface area contributed by atoms with Crippen molar-refractivity contribution >= 4 is 55.0 Å². The lowest BCUT2D eigenvalue weighted by Crippen LogP contribution is -2.43. The third-order valence-electron chi connectivity index (χ3n) is 6.03. The van der Waals surface area contributed by atoms with Crippen LogP contribution >= 0.6 is 49.2 Å². The zero-order valence-corrected chi connectivity index (χ0v) is 20.4. The maximum absolute atomic E-state index is 14.6. The van der Waals surface area contributed by atoms with Gasteiger partial charge in [0.2, 0.25) is 0 Å². The molecule has 0 bridgehead atoms. The predicted octanol–water partition coefficient (Wildman–Crippen LogP) is 4.67. The Kier molecular flexibility index (Phi) is 10.5. The van der Waals surface area contributed by atoms with E-state index in [1.165, 1.54) is 23.1 Å². The smallest absolute Gasteiger partial charge is 0.157 e. The van der Waals surface area contributed by atoms with E-state index >= 15 is 0 Å². The number of ketones is 1. The van der Waals surface area contributed by atoms with Crippen molar-refractivity contribution in [1.82, 2.24) is 9.80 Å². The molecule has 2 unspecified atom stereocenters. The third-order valence-corrected chi connectivity index (χ3v) is 7.57. The molecule has 1 saturated carbocycles. The standard InChI is InChI=1S/C22H29FN2OS2.2ClH/c23-19-4-2-1-3-18(19)21(22(26)16-5-6-16)25-10-8-20(27)17(15-25)7-9-24-11-13-28-14-12-24;;/h1-4,7,16,20-21,27H,5-6,8-15H2;2*1H/b17-7-;;. The molecule has 2 saturated heterocycles. The minimum atomic E-state index is -0.468. The third kappa shape index (κ3) is 6.39. The number of benzene rings is 1. The van der Waals surface area contributed by atoms with Crippen molar-refractivity contribution in [3.05, 3.63) is 47.3 Å². The number of piperidine rings is 1. The summed E-state index contributed by atoms with van der Waals surface area (Å²) in [6, 6.07) is 6.31. The number of Topliss-reactive ketones (excluding diaryl/α,β-unsaturated/α-hetero) is 1. The average Bonchev–Trinajstić information content (AvgIpc) is 3.56. The van der Waals surface area contributed by atoms with Gasteiger partial charge in [-0.05, 0) is 30.9 Å². The van der Waals surface area contributed by atoms with E-state index in [2.05, 4.69) is 15.9 Å². The van der Waals surface area contributed by atoms with Gasteiger partial charge in [-0.15, -0.1) is 24.8 Å². The number of thiol groups is 1. The van der Waals surface area contributed by atoms with E-state index in [-0.39, 0.29) is 47.6 Å². The summed E-state index contributed by atoms with van der Waals surface area (Å²) in [7, 11) is 0. The van der Waals surface area contributed by atoms with Crippen LogP contribution in [0.4, 0.5) is 4.39 Å². The molecule has 2 aliphatic heterocycles. The second-order valence-corrected chi connectivity index (χ2v) is 9.92. The fraction of sp³-hybridized carbons (Fsp3) is 0.591. The van der Waals surface area contributed by atoms with Gasteiger partial charge in [0.1, 0.15) is 5.82 Å². The van der Waals surface area contributed by atoms with Crippen molar-refractivity contribution in [1.29, 1.82) is 0 Å². The molecular weight excluding hydrogens is 462 g/mol. The highest BCUT2D eigenvalue weighted by molar-refractivity contribution is 7.99. The first kappa shape index (κ1) is 26.0. The fourth-order valence-electron chi connectivity index (χ4n) is 4.16. The molecule has 3 fully saturated rings. The largest absolute Gasteiger partial charge is 0.298 e. The molecule has 0 N–H and O–H groups in total. The van der Waals surface area contributed by atoms with Gasteiger partial charge in [-0.25, -0.2) is 4.39 Å². The SMILES string of the molecule is Cl.Cl.O=C(C1CC1)C(c1ccccc1F)N1CCC(S)/C(=C\CN2CCSCC2)C1. The van der Waals surface area contributed by atoms with Crippen molar-refractivity contribution in [2.45, 2.75) is 30.6 Å². The second-order valence-electron chi connectivity index (χ2n) is 8.07. The molecule has 2 atom stereocenters. The van der Waals surface area contributed by atoms with Crippen LogP contribution in [0.5, 0.6) is 0 Å². The number of carbonyl (C=O) groups is 1. The molecule has 0 spiro atoms. The molecule has 0 radical (unpaired) electrons. The highest BCUT2D eigenvalue weighted by Crippen LogP contribution is 2.39. The van der Waals surface area contributed by atoms with E-state index in [0.29, 0.717) is 12.1 Å². The lowest BCUT2D eigenvalue weighted by Gasteiger charge is -2.38. The Morgan fingerprint density at radius 1 is 1.17 bits per heavy atom. The molecule has 2 heterocycles. The normalized spacial score (nSPS) is 25.3. The Labute approximate surface area is 201 Å². The highest BCUT2D eigenvalue weighted by Gasteiger charge is 2.40. The molecule has 1 aliphatic carbocycles. The van der Waals surface area contributed by atoms with Crippen LogP contribution in [-0.4, -0.2) is 65.1 Å². The Hall–Kier alpha value is -0.240. The summed E-state index contributed by atoms with van der Waals surface area (Å²) in [5.74, 6) is 2.42. The second kappa shape index (κ2) is 12.1. The lowest BCUT2D eigenvalue weighted by molar-refractivity contribution is -0.126. The van der Waals surface area contributed by atoms with Crippen LogP contribution in [-0.2, 0) is 4.79 Å². The molecule has 3 nitrogen and oxygen atoms in total. The van der Waals surface area contributed by atoms with Crippen molar-refractivity contribution in [2.24, 2.45) is 5.92 Å². The summed E-state index contributed by atoms with van der Waals surface area (Å²) in [6.45, 7) is 4.69. The number of nitrogens with zero attached hydrogens (tertiary/aromatic N) is 2. The van der Waals surface area contributed by atoms with E-state index in [9.17, 15) is 9.18 Å².